The van der Waals surface area contributed by atoms with Gasteiger partial charge in [-0.05, 0) is 54.6 Å². The zero-order chi connectivity index (χ0) is 16.3. The first-order chi connectivity index (χ1) is 10.4. The van der Waals surface area contributed by atoms with Gasteiger partial charge in [0.05, 0.1) is 11.6 Å². The Morgan fingerprint density at radius 1 is 1.45 bits per heavy atom. The summed E-state index contributed by atoms with van der Waals surface area (Å²) in [6, 6.07) is 5.78. The van der Waals surface area contributed by atoms with Crippen LogP contribution in [0, 0.1) is 12.8 Å². The SMILES string of the molecule is Cc1ccc(NC(=O)C2CC(=O)N(CCN(C)C)C2)c(Br)c1. The van der Waals surface area contributed by atoms with E-state index in [1.54, 1.807) is 4.90 Å². The quantitative estimate of drug-likeness (QED) is 0.866. The molecular formula is C16H22BrN3O2. The van der Waals surface area contributed by atoms with Gasteiger partial charge in [-0.1, -0.05) is 6.07 Å². The third-order valence-electron chi connectivity index (χ3n) is 3.78. The van der Waals surface area contributed by atoms with Gasteiger partial charge in [0, 0.05) is 30.5 Å². The maximum Gasteiger partial charge on any atom is 0.229 e. The lowest BCUT2D eigenvalue weighted by Crippen LogP contribution is -2.34. The topological polar surface area (TPSA) is 52.7 Å². The molecule has 120 valence electrons. The molecule has 5 nitrogen and oxygen atoms in total. The first kappa shape index (κ1) is 17.0. The Morgan fingerprint density at radius 3 is 2.82 bits per heavy atom. The lowest BCUT2D eigenvalue weighted by atomic mass is 10.1. The Labute approximate surface area is 139 Å². The van der Waals surface area contributed by atoms with Gasteiger partial charge in [-0.3, -0.25) is 9.59 Å². The van der Waals surface area contributed by atoms with Crippen LogP contribution in [0.5, 0.6) is 0 Å². The van der Waals surface area contributed by atoms with Gasteiger partial charge in [-0.25, -0.2) is 0 Å². The summed E-state index contributed by atoms with van der Waals surface area (Å²) in [6.45, 7) is 3.98. The second-order valence-electron chi connectivity index (χ2n) is 6.02. The molecule has 0 aromatic heterocycles. The molecule has 1 fully saturated rings. The van der Waals surface area contributed by atoms with E-state index < -0.39 is 0 Å². The van der Waals surface area contributed by atoms with Crippen LogP contribution in [0.15, 0.2) is 22.7 Å². The van der Waals surface area contributed by atoms with Gasteiger partial charge in [-0.2, -0.15) is 0 Å². The smallest absolute Gasteiger partial charge is 0.229 e. The number of carbonyl (C=O) groups is 2. The predicted octanol–water partition coefficient (Wildman–Crippen LogP) is 2.11. The zero-order valence-electron chi connectivity index (χ0n) is 13.2. The summed E-state index contributed by atoms with van der Waals surface area (Å²) in [5, 5.41) is 2.91. The fourth-order valence-corrected chi connectivity index (χ4v) is 3.03. The number of nitrogens with one attached hydrogen (secondary N) is 1. The van der Waals surface area contributed by atoms with E-state index in [4.69, 9.17) is 0 Å². The number of anilines is 1. The molecule has 1 aromatic carbocycles. The number of rotatable bonds is 5. The van der Waals surface area contributed by atoms with Crippen LogP contribution in [0.1, 0.15) is 12.0 Å². The second kappa shape index (κ2) is 7.24. The maximum absolute atomic E-state index is 12.4. The second-order valence-corrected chi connectivity index (χ2v) is 6.87. The molecule has 1 atom stereocenters. The van der Waals surface area contributed by atoms with Crippen LogP contribution in [0.25, 0.3) is 0 Å². The molecule has 0 aliphatic carbocycles. The van der Waals surface area contributed by atoms with Crippen LogP contribution in [-0.2, 0) is 9.59 Å². The van der Waals surface area contributed by atoms with Crippen molar-refractivity contribution in [2.45, 2.75) is 13.3 Å². The number of aryl methyl sites for hydroxylation is 1. The van der Waals surface area contributed by atoms with Crippen molar-refractivity contribution < 1.29 is 9.59 Å². The highest BCUT2D eigenvalue weighted by Crippen LogP contribution is 2.25. The number of hydrogen-bond donors (Lipinski definition) is 1. The van der Waals surface area contributed by atoms with Crippen LogP contribution in [0.4, 0.5) is 5.69 Å². The average molecular weight is 368 g/mol. The Bertz CT molecular complexity index is 575. The first-order valence-corrected chi connectivity index (χ1v) is 8.15. The average Bonchev–Trinajstić information content (AvgIpc) is 2.81. The molecule has 1 aliphatic heterocycles. The van der Waals surface area contributed by atoms with Crippen molar-refractivity contribution in [3.05, 3.63) is 28.2 Å². The van der Waals surface area contributed by atoms with Crippen molar-refractivity contribution in [3.8, 4) is 0 Å². The molecule has 1 aliphatic rings. The third kappa shape index (κ3) is 4.30. The molecule has 2 amide bonds. The van der Waals surface area contributed by atoms with Gasteiger partial charge in [0.2, 0.25) is 11.8 Å². The van der Waals surface area contributed by atoms with E-state index in [2.05, 4.69) is 21.2 Å². The fourth-order valence-electron chi connectivity index (χ4n) is 2.44. The molecule has 0 spiro atoms. The number of nitrogens with zero attached hydrogens (tertiary/aromatic N) is 2. The van der Waals surface area contributed by atoms with E-state index in [0.29, 0.717) is 19.5 Å². The summed E-state index contributed by atoms with van der Waals surface area (Å²) in [5.41, 5.74) is 1.87. The number of likely N-dealkylation sites (tertiary alicyclic amines) is 1. The molecule has 2 rings (SSSR count). The first-order valence-electron chi connectivity index (χ1n) is 7.36. The van der Waals surface area contributed by atoms with E-state index in [1.807, 2.05) is 44.1 Å². The Kier molecular flexibility index (Phi) is 5.58. The Hall–Kier alpha value is -1.40. The normalized spacial score (nSPS) is 18.1. The van der Waals surface area contributed by atoms with Crippen LogP contribution in [0.3, 0.4) is 0 Å². The van der Waals surface area contributed by atoms with Gasteiger partial charge in [-0.15, -0.1) is 0 Å². The molecule has 1 heterocycles. The standard InChI is InChI=1S/C16H22BrN3O2/c1-11-4-5-14(13(17)8-11)18-16(22)12-9-15(21)20(10-12)7-6-19(2)3/h4-5,8,12H,6-7,9-10H2,1-3H3,(H,18,22). The van der Waals surface area contributed by atoms with Crippen LogP contribution in [0.2, 0.25) is 0 Å². The largest absolute Gasteiger partial charge is 0.341 e. The lowest BCUT2D eigenvalue weighted by Gasteiger charge is -2.19. The van der Waals surface area contributed by atoms with Crippen LogP contribution >= 0.6 is 15.9 Å². The monoisotopic (exact) mass is 367 g/mol. The summed E-state index contributed by atoms with van der Waals surface area (Å²) in [6.07, 6.45) is 0.294. The Balaban J connectivity index is 1.95. The van der Waals surface area contributed by atoms with Crippen molar-refractivity contribution in [2.24, 2.45) is 5.92 Å². The number of carbonyl (C=O) groups excluding carboxylic acids is 2. The zero-order valence-corrected chi connectivity index (χ0v) is 14.8. The van der Waals surface area contributed by atoms with Crippen LogP contribution in [-0.4, -0.2) is 55.3 Å². The van der Waals surface area contributed by atoms with Crippen molar-refractivity contribution in [3.63, 3.8) is 0 Å². The number of benzene rings is 1. The van der Waals surface area contributed by atoms with Gasteiger partial charge in [0.1, 0.15) is 0 Å². The van der Waals surface area contributed by atoms with Crippen molar-refractivity contribution in [1.82, 2.24) is 9.80 Å². The number of likely N-dealkylation sites (N-methyl/N-ethyl adjacent to an activating group) is 1. The molecule has 1 saturated heterocycles. The summed E-state index contributed by atoms with van der Waals surface area (Å²) in [4.78, 5) is 28.1. The summed E-state index contributed by atoms with van der Waals surface area (Å²) in [5.74, 6) is -0.307. The van der Waals surface area contributed by atoms with Gasteiger partial charge < -0.3 is 15.1 Å². The van der Waals surface area contributed by atoms with Gasteiger partial charge in [0.15, 0.2) is 0 Å². The van der Waals surface area contributed by atoms with E-state index >= 15 is 0 Å². The summed E-state index contributed by atoms with van der Waals surface area (Å²) in [7, 11) is 3.94. The van der Waals surface area contributed by atoms with Crippen molar-refractivity contribution >= 4 is 33.4 Å². The molecule has 6 heteroatoms. The third-order valence-corrected chi connectivity index (χ3v) is 4.44. The fraction of sp³-hybridized carbons (Fsp3) is 0.500. The molecule has 0 saturated carbocycles. The highest BCUT2D eigenvalue weighted by Gasteiger charge is 2.34. The van der Waals surface area contributed by atoms with E-state index in [1.165, 1.54) is 0 Å². The molecule has 1 N–H and O–H groups in total. The molecule has 1 unspecified atom stereocenters. The molecule has 22 heavy (non-hydrogen) atoms. The minimum absolute atomic E-state index is 0.0602. The molecular weight excluding hydrogens is 346 g/mol. The maximum atomic E-state index is 12.4. The van der Waals surface area contributed by atoms with E-state index in [0.717, 1.165) is 22.3 Å². The number of hydrogen-bond acceptors (Lipinski definition) is 3. The predicted molar refractivity (Wildman–Crippen MR) is 90.7 cm³/mol. The van der Waals surface area contributed by atoms with Crippen molar-refractivity contribution in [1.29, 1.82) is 0 Å². The van der Waals surface area contributed by atoms with E-state index in [9.17, 15) is 9.59 Å². The van der Waals surface area contributed by atoms with Crippen LogP contribution < -0.4 is 5.32 Å². The minimum atomic E-state index is -0.275. The number of amides is 2. The summed E-state index contributed by atoms with van der Waals surface area (Å²) >= 11 is 3.45. The molecule has 1 aromatic rings. The number of halogens is 1. The lowest BCUT2D eigenvalue weighted by molar-refractivity contribution is -0.128. The van der Waals surface area contributed by atoms with Gasteiger partial charge >= 0.3 is 0 Å². The Morgan fingerprint density at radius 2 is 2.18 bits per heavy atom. The van der Waals surface area contributed by atoms with Gasteiger partial charge in [0.25, 0.3) is 0 Å². The summed E-state index contributed by atoms with van der Waals surface area (Å²) < 4.78 is 0.856. The highest BCUT2D eigenvalue weighted by molar-refractivity contribution is 9.10. The van der Waals surface area contributed by atoms with Crippen molar-refractivity contribution in [2.75, 3.05) is 39.0 Å². The van der Waals surface area contributed by atoms with E-state index in [-0.39, 0.29) is 17.7 Å². The highest BCUT2D eigenvalue weighted by atomic mass is 79.9. The molecule has 0 radical (unpaired) electrons. The minimum Gasteiger partial charge on any atom is -0.341 e. The molecule has 0 bridgehead atoms.